The van der Waals surface area contributed by atoms with Gasteiger partial charge in [0.05, 0.1) is 0 Å². The first-order valence-corrected chi connectivity index (χ1v) is 6.79. The van der Waals surface area contributed by atoms with Gasteiger partial charge >= 0.3 is 0 Å². The van der Waals surface area contributed by atoms with Gasteiger partial charge in [-0.3, -0.25) is 0 Å². The molecule has 0 aliphatic carbocycles. The second-order valence-corrected chi connectivity index (χ2v) is 5.38. The van der Waals surface area contributed by atoms with E-state index in [9.17, 15) is 0 Å². The first kappa shape index (κ1) is 12.1. The van der Waals surface area contributed by atoms with Crippen LogP contribution >= 0.6 is 0 Å². The fourth-order valence-electron chi connectivity index (χ4n) is 2.78. The highest BCUT2D eigenvalue weighted by Crippen LogP contribution is 2.32. The van der Waals surface area contributed by atoms with Crippen LogP contribution in [0, 0.1) is 13.8 Å². The Labute approximate surface area is 115 Å². The van der Waals surface area contributed by atoms with Crippen LogP contribution in [0.15, 0.2) is 36.4 Å². The summed E-state index contributed by atoms with van der Waals surface area (Å²) in [6.45, 7) is 6.38. The van der Waals surface area contributed by atoms with Crippen LogP contribution in [-0.4, -0.2) is 7.05 Å². The van der Waals surface area contributed by atoms with Crippen LogP contribution in [0.4, 0.5) is 11.4 Å². The second kappa shape index (κ2) is 4.61. The molecule has 0 bridgehead atoms. The van der Waals surface area contributed by atoms with E-state index in [1.54, 1.807) is 0 Å². The molecule has 1 aliphatic rings. The summed E-state index contributed by atoms with van der Waals surface area (Å²) < 4.78 is 0. The molecule has 0 amide bonds. The Morgan fingerprint density at radius 2 is 1.74 bits per heavy atom. The van der Waals surface area contributed by atoms with Crippen molar-refractivity contribution in [1.82, 2.24) is 0 Å². The van der Waals surface area contributed by atoms with Crippen LogP contribution in [-0.2, 0) is 13.1 Å². The van der Waals surface area contributed by atoms with Crippen molar-refractivity contribution >= 4 is 11.4 Å². The lowest BCUT2D eigenvalue weighted by atomic mass is 10.1. The summed E-state index contributed by atoms with van der Waals surface area (Å²) in [6, 6.07) is 13.4. The van der Waals surface area contributed by atoms with Crippen molar-refractivity contribution in [2.45, 2.75) is 26.9 Å². The quantitative estimate of drug-likeness (QED) is 0.873. The first-order chi connectivity index (χ1) is 9.17. The fourth-order valence-corrected chi connectivity index (χ4v) is 2.78. The summed E-state index contributed by atoms with van der Waals surface area (Å²) in [6.07, 6.45) is 0. The number of nitrogens with one attached hydrogen (secondary N) is 1. The highest BCUT2D eigenvalue weighted by Gasteiger charge is 2.20. The number of aryl methyl sites for hydroxylation is 2. The minimum Gasteiger partial charge on any atom is -0.388 e. The normalized spacial score (nSPS) is 13.5. The molecule has 0 fully saturated rings. The lowest BCUT2D eigenvalue weighted by molar-refractivity contribution is 0.874. The van der Waals surface area contributed by atoms with Crippen LogP contribution < -0.4 is 10.2 Å². The van der Waals surface area contributed by atoms with Crippen molar-refractivity contribution in [3.05, 3.63) is 58.7 Å². The summed E-state index contributed by atoms with van der Waals surface area (Å²) in [5.41, 5.74) is 8.12. The molecule has 1 N–H and O–H groups in total. The molecule has 19 heavy (non-hydrogen) atoms. The van der Waals surface area contributed by atoms with E-state index in [0.717, 1.165) is 13.1 Å². The molecule has 0 atom stereocenters. The Kier molecular flexibility index (Phi) is 2.94. The average molecular weight is 252 g/mol. The Morgan fingerprint density at radius 3 is 2.53 bits per heavy atom. The van der Waals surface area contributed by atoms with Gasteiger partial charge in [-0.25, -0.2) is 0 Å². The van der Waals surface area contributed by atoms with Crippen LogP contribution in [0.2, 0.25) is 0 Å². The number of rotatable bonds is 2. The van der Waals surface area contributed by atoms with E-state index >= 15 is 0 Å². The van der Waals surface area contributed by atoms with Gasteiger partial charge in [-0.15, -0.1) is 0 Å². The third-order valence-corrected chi connectivity index (χ3v) is 3.92. The molecule has 1 heterocycles. The number of nitrogens with zero attached hydrogens (tertiary/aromatic N) is 1. The fraction of sp³-hybridized carbons (Fsp3) is 0.294. The van der Waals surface area contributed by atoms with E-state index in [1.165, 1.54) is 33.6 Å². The molecule has 0 radical (unpaired) electrons. The predicted molar refractivity (Wildman–Crippen MR) is 81.8 cm³/mol. The van der Waals surface area contributed by atoms with Crippen LogP contribution in [0.1, 0.15) is 22.3 Å². The summed E-state index contributed by atoms with van der Waals surface area (Å²) in [5.74, 6) is 0. The zero-order valence-electron chi connectivity index (χ0n) is 11.8. The standard InChI is InChI=1S/C17H20N2/c1-12-4-5-13(2)17(8-12)19-10-14-6-7-16(18-3)9-15(14)11-19/h4-9,18H,10-11H2,1-3H3. The zero-order chi connectivity index (χ0) is 13.4. The van der Waals surface area contributed by atoms with Crippen molar-refractivity contribution in [2.75, 3.05) is 17.3 Å². The number of benzene rings is 2. The molecule has 0 unspecified atom stereocenters. The monoisotopic (exact) mass is 252 g/mol. The van der Waals surface area contributed by atoms with E-state index < -0.39 is 0 Å². The third kappa shape index (κ3) is 2.19. The van der Waals surface area contributed by atoms with Crippen LogP contribution in [0.5, 0.6) is 0 Å². The minimum atomic E-state index is 1.01. The SMILES string of the molecule is CNc1ccc2c(c1)CN(c1cc(C)ccc1C)C2. The van der Waals surface area contributed by atoms with E-state index in [-0.39, 0.29) is 0 Å². The number of anilines is 2. The van der Waals surface area contributed by atoms with Gasteiger partial charge in [-0.05, 0) is 54.3 Å². The van der Waals surface area contributed by atoms with Crippen molar-refractivity contribution in [3.8, 4) is 0 Å². The number of hydrogen-bond acceptors (Lipinski definition) is 2. The van der Waals surface area contributed by atoms with Gasteiger partial charge in [0.15, 0.2) is 0 Å². The Bertz CT molecular complexity index is 617. The molecule has 2 nitrogen and oxygen atoms in total. The Hall–Kier alpha value is -1.96. The maximum absolute atomic E-state index is 3.21. The average Bonchev–Trinajstić information content (AvgIpc) is 2.83. The lowest BCUT2D eigenvalue weighted by Gasteiger charge is -2.20. The van der Waals surface area contributed by atoms with Gasteiger partial charge in [0.25, 0.3) is 0 Å². The first-order valence-electron chi connectivity index (χ1n) is 6.79. The van der Waals surface area contributed by atoms with E-state index in [0.29, 0.717) is 0 Å². The highest BCUT2D eigenvalue weighted by atomic mass is 15.1. The molecule has 3 rings (SSSR count). The van der Waals surface area contributed by atoms with Crippen LogP contribution in [0.25, 0.3) is 0 Å². The Morgan fingerprint density at radius 1 is 0.947 bits per heavy atom. The van der Waals surface area contributed by atoms with E-state index in [4.69, 9.17) is 0 Å². The molecular formula is C17H20N2. The van der Waals surface area contributed by atoms with Crippen molar-refractivity contribution < 1.29 is 0 Å². The molecule has 0 aromatic heterocycles. The summed E-state index contributed by atoms with van der Waals surface area (Å²) in [5, 5.41) is 3.21. The molecule has 0 saturated carbocycles. The molecular weight excluding hydrogens is 232 g/mol. The number of hydrogen-bond donors (Lipinski definition) is 1. The van der Waals surface area contributed by atoms with Crippen molar-refractivity contribution in [1.29, 1.82) is 0 Å². The smallest absolute Gasteiger partial charge is 0.0437 e. The summed E-state index contributed by atoms with van der Waals surface area (Å²) in [4.78, 5) is 2.46. The molecule has 2 heteroatoms. The van der Waals surface area contributed by atoms with Gasteiger partial charge in [0.2, 0.25) is 0 Å². The van der Waals surface area contributed by atoms with Gasteiger partial charge in [-0.2, -0.15) is 0 Å². The van der Waals surface area contributed by atoms with Crippen molar-refractivity contribution in [2.24, 2.45) is 0 Å². The van der Waals surface area contributed by atoms with Gasteiger partial charge < -0.3 is 10.2 Å². The molecule has 2 aromatic rings. The van der Waals surface area contributed by atoms with Gasteiger partial charge in [0.1, 0.15) is 0 Å². The zero-order valence-corrected chi connectivity index (χ0v) is 11.8. The Balaban J connectivity index is 1.93. The molecule has 2 aromatic carbocycles. The second-order valence-electron chi connectivity index (χ2n) is 5.38. The van der Waals surface area contributed by atoms with Gasteiger partial charge in [-0.1, -0.05) is 18.2 Å². The highest BCUT2D eigenvalue weighted by molar-refractivity contribution is 5.60. The number of fused-ring (bicyclic) bond motifs is 1. The molecule has 0 spiro atoms. The van der Waals surface area contributed by atoms with E-state index in [2.05, 4.69) is 60.5 Å². The van der Waals surface area contributed by atoms with Gasteiger partial charge in [0, 0.05) is 31.5 Å². The molecule has 1 aliphatic heterocycles. The minimum absolute atomic E-state index is 1.01. The van der Waals surface area contributed by atoms with E-state index in [1.807, 2.05) is 7.05 Å². The summed E-state index contributed by atoms with van der Waals surface area (Å²) in [7, 11) is 1.97. The van der Waals surface area contributed by atoms with Crippen LogP contribution in [0.3, 0.4) is 0 Å². The largest absolute Gasteiger partial charge is 0.388 e. The molecule has 0 saturated heterocycles. The molecule has 98 valence electrons. The van der Waals surface area contributed by atoms with Crippen molar-refractivity contribution in [3.63, 3.8) is 0 Å². The third-order valence-electron chi connectivity index (χ3n) is 3.92. The summed E-state index contributed by atoms with van der Waals surface area (Å²) >= 11 is 0. The maximum atomic E-state index is 3.21. The predicted octanol–water partition coefficient (Wildman–Crippen LogP) is 3.87. The topological polar surface area (TPSA) is 15.3 Å². The lowest BCUT2D eigenvalue weighted by Crippen LogP contribution is -2.15. The maximum Gasteiger partial charge on any atom is 0.0437 e.